The highest BCUT2D eigenvalue weighted by molar-refractivity contribution is 7.08. The Morgan fingerprint density at radius 2 is 2.00 bits per heavy atom. The molecular weight excluding hydrogens is 361 g/mol. The summed E-state index contributed by atoms with van der Waals surface area (Å²) in [5.41, 5.74) is 4.36. The summed E-state index contributed by atoms with van der Waals surface area (Å²) in [6, 6.07) is 6.07. The van der Waals surface area contributed by atoms with Crippen molar-refractivity contribution in [3.8, 4) is 11.3 Å². The van der Waals surface area contributed by atoms with Crippen LogP contribution < -0.4 is 0 Å². The maximum absolute atomic E-state index is 12.7. The Balaban J connectivity index is 1.44. The van der Waals surface area contributed by atoms with Crippen LogP contribution in [0.25, 0.3) is 11.3 Å². The molecule has 3 aromatic heterocycles. The Morgan fingerprint density at radius 3 is 2.69 bits per heavy atom. The van der Waals surface area contributed by atoms with Crippen molar-refractivity contribution in [1.29, 1.82) is 0 Å². The maximum atomic E-state index is 12.7. The molecule has 134 valence electrons. The van der Waals surface area contributed by atoms with Gasteiger partial charge < -0.3 is 0 Å². The number of rotatable bonds is 3. The molecule has 0 radical (unpaired) electrons. The number of thiophene rings is 1. The van der Waals surface area contributed by atoms with Gasteiger partial charge in [0.05, 0.1) is 11.4 Å². The normalized spacial score (nSPS) is 15.0. The van der Waals surface area contributed by atoms with Gasteiger partial charge in [-0.15, -0.1) is 0 Å². The van der Waals surface area contributed by atoms with Gasteiger partial charge in [0.2, 0.25) is 5.82 Å². The standard InChI is InChI=1S/C18H15F3N4S/c19-18(20,21)17-23-8-14-10-25(5-3-16(14)24-17)9-12-1-2-15(22-7-12)13-4-6-26-11-13/h1-2,4,6-8,11H,3,5,9-10H2. The number of nitrogens with zero attached hydrogens (tertiary/aromatic N) is 4. The fourth-order valence-corrected chi connectivity index (χ4v) is 3.65. The van der Waals surface area contributed by atoms with Crippen molar-refractivity contribution in [2.75, 3.05) is 6.54 Å². The molecule has 0 atom stereocenters. The van der Waals surface area contributed by atoms with E-state index in [1.165, 1.54) is 6.20 Å². The monoisotopic (exact) mass is 376 g/mol. The summed E-state index contributed by atoms with van der Waals surface area (Å²) >= 11 is 1.63. The lowest BCUT2D eigenvalue weighted by atomic mass is 10.1. The highest BCUT2D eigenvalue weighted by atomic mass is 32.1. The first-order chi connectivity index (χ1) is 12.5. The Labute approximate surface area is 152 Å². The minimum absolute atomic E-state index is 0.487. The van der Waals surface area contributed by atoms with E-state index in [4.69, 9.17) is 0 Å². The summed E-state index contributed by atoms with van der Waals surface area (Å²) in [6.07, 6.45) is -0.857. The van der Waals surface area contributed by atoms with Gasteiger partial charge in [0.15, 0.2) is 0 Å². The fraction of sp³-hybridized carbons (Fsp3) is 0.278. The van der Waals surface area contributed by atoms with Crippen molar-refractivity contribution in [2.24, 2.45) is 0 Å². The minimum atomic E-state index is -4.50. The van der Waals surface area contributed by atoms with Crippen LogP contribution in [-0.4, -0.2) is 26.4 Å². The largest absolute Gasteiger partial charge is 0.451 e. The SMILES string of the molecule is FC(F)(F)c1ncc2c(n1)CCN(Cc1ccc(-c3ccsc3)nc1)C2. The van der Waals surface area contributed by atoms with Crippen LogP contribution in [0.2, 0.25) is 0 Å². The Morgan fingerprint density at radius 1 is 1.12 bits per heavy atom. The van der Waals surface area contributed by atoms with E-state index in [2.05, 4.69) is 25.2 Å². The van der Waals surface area contributed by atoms with Crippen LogP contribution in [0.15, 0.2) is 41.4 Å². The lowest BCUT2D eigenvalue weighted by molar-refractivity contribution is -0.145. The van der Waals surface area contributed by atoms with Crippen LogP contribution in [0.3, 0.4) is 0 Å². The number of halogens is 3. The summed E-state index contributed by atoms with van der Waals surface area (Å²) in [4.78, 5) is 13.8. The van der Waals surface area contributed by atoms with Crippen LogP contribution in [0.4, 0.5) is 13.2 Å². The predicted molar refractivity (Wildman–Crippen MR) is 92.4 cm³/mol. The van der Waals surface area contributed by atoms with E-state index in [1.54, 1.807) is 11.3 Å². The first-order valence-corrected chi connectivity index (χ1v) is 9.05. The van der Waals surface area contributed by atoms with E-state index in [0.29, 0.717) is 31.7 Å². The molecule has 0 aromatic carbocycles. The molecule has 0 spiro atoms. The van der Waals surface area contributed by atoms with E-state index in [-0.39, 0.29) is 0 Å². The van der Waals surface area contributed by atoms with Crippen molar-refractivity contribution in [1.82, 2.24) is 19.9 Å². The highest BCUT2D eigenvalue weighted by Gasteiger charge is 2.35. The van der Waals surface area contributed by atoms with Crippen molar-refractivity contribution >= 4 is 11.3 Å². The van der Waals surface area contributed by atoms with Gasteiger partial charge in [0.1, 0.15) is 0 Å². The molecule has 26 heavy (non-hydrogen) atoms. The highest BCUT2D eigenvalue weighted by Crippen LogP contribution is 2.28. The number of aromatic nitrogens is 3. The summed E-state index contributed by atoms with van der Waals surface area (Å²) in [5, 5.41) is 4.07. The van der Waals surface area contributed by atoms with Gasteiger partial charge in [-0.05, 0) is 23.1 Å². The molecule has 0 fully saturated rings. The van der Waals surface area contributed by atoms with Crippen LogP contribution in [-0.2, 0) is 25.7 Å². The van der Waals surface area contributed by atoms with Crippen molar-refractivity contribution < 1.29 is 13.2 Å². The zero-order valence-corrected chi connectivity index (χ0v) is 14.5. The quantitative estimate of drug-likeness (QED) is 0.688. The number of hydrogen-bond donors (Lipinski definition) is 0. The van der Waals surface area contributed by atoms with Gasteiger partial charge in [-0.25, -0.2) is 9.97 Å². The minimum Gasteiger partial charge on any atom is -0.294 e. The maximum Gasteiger partial charge on any atom is 0.451 e. The molecule has 4 heterocycles. The molecule has 0 unspecified atom stereocenters. The third-order valence-corrected chi connectivity index (χ3v) is 5.00. The zero-order chi connectivity index (χ0) is 18.1. The summed E-state index contributed by atoms with van der Waals surface area (Å²) < 4.78 is 38.1. The third kappa shape index (κ3) is 3.61. The number of fused-ring (bicyclic) bond motifs is 1. The van der Waals surface area contributed by atoms with Crippen LogP contribution in [0.1, 0.15) is 22.6 Å². The molecule has 8 heteroatoms. The van der Waals surface area contributed by atoms with Crippen LogP contribution >= 0.6 is 11.3 Å². The second-order valence-electron chi connectivity index (χ2n) is 6.19. The Bertz CT molecular complexity index is 892. The topological polar surface area (TPSA) is 41.9 Å². The molecular formula is C18H15F3N4S. The molecule has 4 rings (SSSR count). The predicted octanol–water partition coefficient (Wildman–Crippen LogP) is 4.18. The van der Waals surface area contributed by atoms with E-state index >= 15 is 0 Å². The summed E-state index contributed by atoms with van der Waals surface area (Å²) in [7, 11) is 0. The molecule has 3 aromatic rings. The van der Waals surface area contributed by atoms with Gasteiger partial charge in [-0.3, -0.25) is 9.88 Å². The number of pyridine rings is 1. The molecule has 0 bridgehead atoms. The average Bonchev–Trinajstić information content (AvgIpc) is 3.16. The average molecular weight is 376 g/mol. The fourth-order valence-electron chi connectivity index (χ4n) is 3.00. The molecule has 0 amide bonds. The smallest absolute Gasteiger partial charge is 0.294 e. The lowest BCUT2D eigenvalue weighted by Gasteiger charge is -2.28. The summed E-state index contributed by atoms with van der Waals surface area (Å²) in [6.45, 7) is 1.89. The van der Waals surface area contributed by atoms with E-state index in [0.717, 1.165) is 22.4 Å². The molecule has 0 saturated carbocycles. The van der Waals surface area contributed by atoms with Gasteiger partial charge in [0, 0.05) is 55.0 Å². The molecule has 0 saturated heterocycles. The van der Waals surface area contributed by atoms with E-state index in [9.17, 15) is 13.2 Å². The first kappa shape index (κ1) is 17.1. The van der Waals surface area contributed by atoms with Gasteiger partial charge in [0.25, 0.3) is 0 Å². The van der Waals surface area contributed by atoms with E-state index < -0.39 is 12.0 Å². The van der Waals surface area contributed by atoms with Crippen molar-refractivity contribution in [3.63, 3.8) is 0 Å². The lowest BCUT2D eigenvalue weighted by Crippen LogP contribution is -2.31. The zero-order valence-electron chi connectivity index (χ0n) is 13.7. The van der Waals surface area contributed by atoms with Gasteiger partial charge in [-0.1, -0.05) is 6.07 Å². The molecule has 4 nitrogen and oxygen atoms in total. The second kappa shape index (κ2) is 6.77. The van der Waals surface area contributed by atoms with Crippen LogP contribution in [0.5, 0.6) is 0 Å². The van der Waals surface area contributed by atoms with Crippen molar-refractivity contribution in [2.45, 2.75) is 25.7 Å². The second-order valence-corrected chi connectivity index (χ2v) is 6.97. The van der Waals surface area contributed by atoms with Gasteiger partial charge in [-0.2, -0.15) is 24.5 Å². The van der Waals surface area contributed by atoms with Crippen molar-refractivity contribution in [3.05, 3.63) is 64.0 Å². The third-order valence-electron chi connectivity index (χ3n) is 4.31. The first-order valence-electron chi connectivity index (χ1n) is 8.11. The summed E-state index contributed by atoms with van der Waals surface area (Å²) in [5.74, 6) is -1.06. The number of alkyl halides is 3. The Kier molecular flexibility index (Phi) is 4.46. The Hall–Kier alpha value is -2.32. The van der Waals surface area contributed by atoms with Crippen LogP contribution in [0, 0.1) is 0 Å². The molecule has 1 aliphatic rings. The molecule has 0 aliphatic carbocycles. The van der Waals surface area contributed by atoms with Gasteiger partial charge >= 0.3 is 6.18 Å². The molecule has 0 N–H and O–H groups in total. The van der Waals surface area contributed by atoms with E-state index in [1.807, 2.05) is 29.8 Å². The number of hydrogen-bond acceptors (Lipinski definition) is 5. The molecule has 1 aliphatic heterocycles.